The summed E-state index contributed by atoms with van der Waals surface area (Å²) in [4.78, 5) is 30.4. The van der Waals surface area contributed by atoms with Crippen LogP contribution in [0, 0.1) is 29.1 Å². The summed E-state index contributed by atoms with van der Waals surface area (Å²) in [6.45, 7) is 2.10. The summed E-state index contributed by atoms with van der Waals surface area (Å²) in [7, 11) is 0. The van der Waals surface area contributed by atoms with Gasteiger partial charge in [-0.15, -0.1) is 0 Å². The lowest BCUT2D eigenvalue weighted by atomic mass is 9.85. The van der Waals surface area contributed by atoms with Crippen LogP contribution in [0.1, 0.15) is 58.7 Å². The number of likely N-dealkylation sites (tertiary alicyclic amines) is 1. The minimum Gasteiger partial charge on any atom is -0.392 e. The molecule has 3 fully saturated rings. The molecular weight excluding hydrogens is 687 g/mol. The highest BCUT2D eigenvalue weighted by Crippen LogP contribution is 2.40. The zero-order valence-electron chi connectivity index (χ0n) is 27.8. The van der Waals surface area contributed by atoms with E-state index in [9.17, 15) is 36.6 Å². The number of nitrogens with zero attached hydrogens (tertiary/aromatic N) is 2. The maximum Gasteiger partial charge on any atom is 0.261 e. The van der Waals surface area contributed by atoms with E-state index >= 15 is 0 Å². The number of piperidine rings is 1. The minimum absolute atomic E-state index is 0.00347. The molecule has 1 spiro atoms. The smallest absolute Gasteiger partial charge is 0.261 e. The molecule has 0 bridgehead atoms. The molecule has 2 amide bonds. The van der Waals surface area contributed by atoms with E-state index in [4.69, 9.17) is 9.47 Å². The summed E-state index contributed by atoms with van der Waals surface area (Å²) in [5.74, 6) is -12.8. The van der Waals surface area contributed by atoms with Gasteiger partial charge in [0.1, 0.15) is 11.1 Å². The number of amides is 2. The Morgan fingerprint density at radius 2 is 1.52 bits per heavy atom. The normalized spacial score (nSPS) is 21.7. The van der Waals surface area contributed by atoms with Gasteiger partial charge in [0.2, 0.25) is 11.7 Å². The number of carbonyl (C=O) groups excluding carboxylic acids is 2. The van der Waals surface area contributed by atoms with E-state index in [1.165, 1.54) is 18.2 Å². The van der Waals surface area contributed by atoms with Crippen molar-refractivity contribution in [2.45, 2.75) is 49.9 Å². The number of carbonyl (C=O) groups is 2. The summed E-state index contributed by atoms with van der Waals surface area (Å²) in [6, 6.07) is 23.1. The Balaban J connectivity index is 1.09. The van der Waals surface area contributed by atoms with E-state index < -0.39 is 58.5 Å². The number of hydrogen-bond acceptors (Lipinski definition) is 7. The SMILES string of the molecule is O=C(Nc1cccc(C2OC(CN3CCC4(CC3)C(=O)NCN4c3ccccc3)CC(c3ccc(CO)cc3)O2)c1)c1c(F)c(F)c(F)c(F)c1F. The van der Waals surface area contributed by atoms with Crippen molar-refractivity contribution >= 4 is 23.2 Å². The van der Waals surface area contributed by atoms with Crippen molar-refractivity contribution in [3.63, 3.8) is 0 Å². The maximum atomic E-state index is 14.4. The van der Waals surface area contributed by atoms with Crippen LogP contribution in [0.4, 0.5) is 33.3 Å². The van der Waals surface area contributed by atoms with Crippen LogP contribution >= 0.6 is 0 Å². The van der Waals surface area contributed by atoms with Crippen LogP contribution in [0.2, 0.25) is 0 Å². The van der Waals surface area contributed by atoms with Crippen molar-refractivity contribution in [1.29, 1.82) is 0 Å². The number of benzene rings is 4. The highest BCUT2D eigenvalue weighted by Gasteiger charge is 2.50. The first-order chi connectivity index (χ1) is 25.1. The van der Waals surface area contributed by atoms with Crippen LogP contribution in [0.5, 0.6) is 0 Å². The maximum absolute atomic E-state index is 14.4. The Hall–Kier alpha value is -4.89. The molecule has 0 saturated carbocycles. The van der Waals surface area contributed by atoms with E-state index in [-0.39, 0.29) is 24.3 Å². The molecular formula is C38H35F5N4O5. The van der Waals surface area contributed by atoms with E-state index in [1.807, 2.05) is 42.5 Å². The van der Waals surface area contributed by atoms with Gasteiger partial charge in [-0.25, -0.2) is 22.0 Å². The second kappa shape index (κ2) is 14.6. The number of hydrogen-bond donors (Lipinski definition) is 3. The molecule has 3 heterocycles. The minimum atomic E-state index is -2.36. The molecule has 3 N–H and O–H groups in total. The number of anilines is 2. The predicted molar refractivity (Wildman–Crippen MR) is 179 cm³/mol. The third kappa shape index (κ3) is 6.74. The molecule has 0 aliphatic carbocycles. The van der Waals surface area contributed by atoms with Crippen molar-refractivity contribution < 1.29 is 46.1 Å². The molecule has 0 aromatic heterocycles. The summed E-state index contributed by atoms with van der Waals surface area (Å²) in [5.41, 5.74) is 0.707. The fraction of sp³-hybridized carbons (Fsp3) is 0.316. The summed E-state index contributed by atoms with van der Waals surface area (Å²) >= 11 is 0. The van der Waals surface area contributed by atoms with Crippen molar-refractivity contribution in [3.8, 4) is 0 Å². The first kappa shape index (κ1) is 35.5. The highest BCUT2D eigenvalue weighted by molar-refractivity contribution is 6.04. The lowest BCUT2D eigenvalue weighted by Crippen LogP contribution is -2.57. The van der Waals surface area contributed by atoms with Gasteiger partial charge in [-0.05, 0) is 48.2 Å². The summed E-state index contributed by atoms with van der Waals surface area (Å²) < 4.78 is 82.7. The van der Waals surface area contributed by atoms with Crippen molar-refractivity contribution in [2.24, 2.45) is 0 Å². The second-order valence-corrected chi connectivity index (χ2v) is 13.1. The Labute approximate surface area is 295 Å². The lowest BCUT2D eigenvalue weighted by molar-refractivity contribution is -0.253. The average Bonchev–Trinajstić information content (AvgIpc) is 3.48. The Bertz CT molecular complexity index is 1930. The number of nitrogens with one attached hydrogen (secondary N) is 2. The molecule has 3 saturated heterocycles. The van der Waals surface area contributed by atoms with Gasteiger partial charge in [0, 0.05) is 43.0 Å². The van der Waals surface area contributed by atoms with E-state index in [0.29, 0.717) is 51.1 Å². The highest BCUT2D eigenvalue weighted by atomic mass is 19.2. The molecule has 4 aromatic carbocycles. The van der Waals surface area contributed by atoms with Crippen LogP contribution < -0.4 is 15.5 Å². The van der Waals surface area contributed by atoms with Crippen LogP contribution in [0.15, 0.2) is 78.9 Å². The van der Waals surface area contributed by atoms with Gasteiger partial charge in [0.05, 0.1) is 25.5 Å². The van der Waals surface area contributed by atoms with Gasteiger partial charge in [0.15, 0.2) is 29.6 Å². The standard InChI is InChI=1S/C38H35F5N4O5/c39-30-29(31(40)33(42)34(43)32(30)41)35(49)45-25-6-4-5-24(17-25)36-51-27(18-28(52-36)23-11-9-22(20-48)10-12-23)19-46-15-13-38(14-16-46)37(50)44-21-47(38)26-7-2-1-3-8-26/h1-12,17,27-28,36,48H,13-16,18-21H2,(H,44,50)(H,45,49). The molecule has 52 heavy (non-hydrogen) atoms. The summed E-state index contributed by atoms with van der Waals surface area (Å²) in [6.07, 6.45) is -0.0891. The van der Waals surface area contributed by atoms with Crippen LogP contribution in [0.25, 0.3) is 0 Å². The quantitative estimate of drug-likeness (QED) is 0.115. The predicted octanol–water partition coefficient (Wildman–Crippen LogP) is 6.10. The second-order valence-electron chi connectivity index (χ2n) is 13.1. The van der Waals surface area contributed by atoms with Crippen molar-refractivity contribution in [2.75, 3.05) is 36.5 Å². The first-order valence-corrected chi connectivity index (χ1v) is 16.8. The molecule has 3 aliphatic heterocycles. The number of rotatable bonds is 8. The number of para-hydroxylation sites is 1. The monoisotopic (exact) mass is 722 g/mol. The van der Waals surface area contributed by atoms with Gasteiger partial charge < -0.3 is 35.0 Å². The number of aliphatic hydroxyl groups is 1. The first-order valence-electron chi connectivity index (χ1n) is 16.8. The molecule has 7 rings (SSSR count). The zero-order valence-corrected chi connectivity index (χ0v) is 27.8. The third-order valence-electron chi connectivity index (χ3n) is 10.0. The molecule has 14 heteroatoms. The van der Waals surface area contributed by atoms with Crippen LogP contribution in [0.3, 0.4) is 0 Å². The number of aliphatic hydroxyl groups excluding tert-OH is 1. The molecule has 9 nitrogen and oxygen atoms in total. The molecule has 3 unspecified atom stereocenters. The topological polar surface area (TPSA) is 103 Å². The van der Waals surface area contributed by atoms with Crippen molar-refractivity contribution in [3.05, 3.63) is 130 Å². The molecule has 0 radical (unpaired) electrons. The average molecular weight is 723 g/mol. The molecule has 272 valence electrons. The number of ether oxygens (including phenoxy) is 2. The van der Waals surface area contributed by atoms with Gasteiger partial charge in [0.25, 0.3) is 5.91 Å². The fourth-order valence-corrected chi connectivity index (χ4v) is 7.22. The number of halogens is 5. The van der Waals surface area contributed by atoms with E-state index in [1.54, 1.807) is 18.2 Å². The molecule has 4 aromatic rings. The third-order valence-corrected chi connectivity index (χ3v) is 10.0. The van der Waals surface area contributed by atoms with Gasteiger partial charge in [-0.1, -0.05) is 54.6 Å². The molecule has 3 aliphatic rings. The Morgan fingerprint density at radius 1 is 0.846 bits per heavy atom. The van der Waals surface area contributed by atoms with Crippen molar-refractivity contribution in [1.82, 2.24) is 10.2 Å². The lowest BCUT2D eigenvalue weighted by Gasteiger charge is -2.45. The fourth-order valence-electron chi connectivity index (χ4n) is 7.22. The Morgan fingerprint density at radius 3 is 2.19 bits per heavy atom. The van der Waals surface area contributed by atoms with Gasteiger partial charge >= 0.3 is 0 Å². The Kier molecular flexibility index (Phi) is 9.98. The zero-order chi connectivity index (χ0) is 36.6. The van der Waals surface area contributed by atoms with E-state index in [0.717, 1.165) is 16.8 Å². The van der Waals surface area contributed by atoms with Crippen LogP contribution in [-0.4, -0.2) is 59.8 Å². The summed E-state index contributed by atoms with van der Waals surface area (Å²) in [5, 5.41) is 14.8. The van der Waals surface area contributed by atoms with Gasteiger partial charge in [-0.3, -0.25) is 9.59 Å². The van der Waals surface area contributed by atoms with Gasteiger partial charge in [-0.2, -0.15) is 0 Å². The van der Waals surface area contributed by atoms with Crippen LogP contribution in [-0.2, 0) is 20.9 Å². The van der Waals surface area contributed by atoms with E-state index in [2.05, 4.69) is 20.4 Å². The molecule has 3 atom stereocenters. The largest absolute Gasteiger partial charge is 0.392 e.